The molecule has 0 fully saturated rings. The van der Waals surface area contributed by atoms with Crippen LogP contribution in [0.1, 0.15) is 16.7 Å². The van der Waals surface area contributed by atoms with E-state index in [1.807, 2.05) is 56.3 Å². The minimum atomic E-state index is -0.0136. The molecule has 122 valence electrons. The Morgan fingerprint density at radius 1 is 1.04 bits per heavy atom. The van der Waals surface area contributed by atoms with Gasteiger partial charge in [-0.3, -0.25) is 4.79 Å². The smallest absolute Gasteiger partial charge is 0.224 e. The molecule has 0 bridgehead atoms. The monoisotopic (exact) mass is 313 g/mol. The molecule has 2 rings (SSSR count). The van der Waals surface area contributed by atoms with E-state index in [0.29, 0.717) is 19.6 Å². The van der Waals surface area contributed by atoms with Crippen molar-refractivity contribution in [1.29, 1.82) is 0 Å². The van der Waals surface area contributed by atoms with Gasteiger partial charge in [0.15, 0.2) is 0 Å². The van der Waals surface area contributed by atoms with Crippen LogP contribution in [-0.4, -0.2) is 26.2 Å². The Kier molecular flexibility index (Phi) is 6.03. The summed E-state index contributed by atoms with van der Waals surface area (Å²) in [6.07, 6.45) is 0.355. The molecule has 0 aliphatic rings. The zero-order valence-corrected chi connectivity index (χ0v) is 13.9. The third-order valence-corrected chi connectivity index (χ3v) is 3.60. The first-order chi connectivity index (χ1) is 11.1. The van der Waals surface area contributed by atoms with Crippen LogP contribution in [0.2, 0.25) is 0 Å². The third kappa shape index (κ3) is 5.02. The number of rotatable bonds is 7. The van der Waals surface area contributed by atoms with E-state index in [1.165, 1.54) is 0 Å². The van der Waals surface area contributed by atoms with E-state index in [2.05, 4.69) is 5.32 Å². The van der Waals surface area contributed by atoms with E-state index in [4.69, 9.17) is 9.47 Å². The molecule has 2 aromatic carbocycles. The van der Waals surface area contributed by atoms with Gasteiger partial charge in [0.05, 0.1) is 20.1 Å². The molecule has 0 aliphatic heterocycles. The van der Waals surface area contributed by atoms with Crippen LogP contribution >= 0.6 is 0 Å². The highest BCUT2D eigenvalue weighted by molar-refractivity contribution is 5.78. The number of para-hydroxylation sites is 1. The highest BCUT2D eigenvalue weighted by atomic mass is 16.5. The zero-order valence-electron chi connectivity index (χ0n) is 13.9. The van der Waals surface area contributed by atoms with Crippen molar-refractivity contribution in [2.45, 2.75) is 20.3 Å². The molecule has 0 atom stereocenters. The van der Waals surface area contributed by atoms with Crippen molar-refractivity contribution in [2.24, 2.45) is 0 Å². The van der Waals surface area contributed by atoms with Crippen LogP contribution in [0.3, 0.4) is 0 Å². The van der Waals surface area contributed by atoms with Gasteiger partial charge in [-0.05, 0) is 42.7 Å². The number of carbonyl (C=O) groups is 1. The van der Waals surface area contributed by atoms with Gasteiger partial charge in [-0.1, -0.05) is 30.3 Å². The van der Waals surface area contributed by atoms with Crippen molar-refractivity contribution in [2.75, 3.05) is 20.3 Å². The lowest BCUT2D eigenvalue weighted by Gasteiger charge is -2.12. The van der Waals surface area contributed by atoms with E-state index in [1.54, 1.807) is 7.11 Å². The van der Waals surface area contributed by atoms with Crippen molar-refractivity contribution in [3.63, 3.8) is 0 Å². The van der Waals surface area contributed by atoms with Crippen molar-refractivity contribution in [1.82, 2.24) is 5.32 Å². The molecule has 0 unspecified atom stereocenters. The van der Waals surface area contributed by atoms with Crippen LogP contribution in [0.4, 0.5) is 0 Å². The fourth-order valence-corrected chi connectivity index (χ4v) is 2.36. The average molecular weight is 313 g/mol. The summed E-state index contributed by atoms with van der Waals surface area (Å²) in [6, 6.07) is 13.5. The maximum absolute atomic E-state index is 11.9. The standard InChI is InChI=1S/C19H23NO3/c1-14-5-4-6-15(2)19(14)23-12-11-20-18(21)13-16-7-9-17(22-3)10-8-16/h4-10H,11-13H2,1-3H3,(H,20,21). The van der Waals surface area contributed by atoms with Crippen LogP contribution in [-0.2, 0) is 11.2 Å². The number of hydrogen-bond donors (Lipinski definition) is 1. The van der Waals surface area contributed by atoms with Gasteiger partial charge in [0.2, 0.25) is 5.91 Å². The van der Waals surface area contributed by atoms with Crippen LogP contribution < -0.4 is 14.8 Å². The Hall–Kier alpha value is -2.49. The minimum absolute atomic E-state index is 0.0136. The van der Waals surface area contributed by atoms with Gasteiger partial charge < -0.3 is 14.8 Å². The maximum atomic E-state index is 11.9. The van der Waals surface area contributed by atoms with Crippen molar-refractivity contribution in [3.05, 3.63) is 59.2 Å². The summed E-state index contributed by atoms with van der Waals surface area (Å²) in [4.78, 5) is 11.9. The van der Waals surface area contributed by atoms with Crippen LogP contribution in [0.5, 0.6) is 11.5 Å². The van der Waals surface area contributed by atoms with E-state index in [-0.39, 0.29) is 5.91 Å². The highest BCUT2D eigenvalue weighted by Crippen LogP contribution is 2.21. The first-order valence-corrected chi connectivity index (χ1v) is 7.69. The molecule has 4 heteroatoms. The lowest BCUT2D eigenvalue weighted by atomic mass is 10.1. The Bertz CT molecular complexity index is 630. The van der Waals surface area contributed by atoms with E-state index < -0.39 is 0 Å². The van der Waals surface area contributed by atoms with Crippen molar-refractivity contribution < 1.29 is 14.3 Å². The van der Waals surface area contributed by atoms with Gasteiger partial charge in [-0.2, -0.15) is 0 Å². The summed E-state index contributed by atoms with van der Waals surface area (Å²) in [7, 11) is 1.62. The van der Waals surface area contributed by atoms with E-state index in [9.17, 15) is 4.79 Å². The quantitative estimate of drug-likeness (QED) is 0.799. The third-order valence-electron chi connectivity index (χ3n) is 3.60. The molecule has 0 saturated carbocycles. The first kappa shape index (κ1) is 16.9. The molecule has 0 radical (unpaired) electrons. The topological polar surface area (TPSA) is 47.6 Å². The second-order valence-corrected chi connectivity index (χ2v) is 5.44. The molecule has 0 aliphatic carbocycles. The fourth-order valence-electron chi connectivity index (χ4n) is 2.36. The normalized spacial score (nSPS) is 10.2. The second kappa shape index (κ2) is 8.22. The predicted octanol–water partition coefficient (Wildman–Crippen LogP) is 3.05. The van der Waals surface area contributed by atoms with E-state index in [0.717, 1.165) is 28.2 Å². The lowest BCUT2D eigenvalue weighted by Crippen LogP contribution is -2.29. The molecule has 0 spiro atoms. The number of carbonyl (C=O) groups excluding carboxylic acids is 1. The number of methoxy groups -OCH3 is 1. The van der Waals surface area contributed by atoms with Crippen LogP contribution in [0.25, 0.3) is 0 Å². The average Bonchev–Trinajstić information content (AvgIpc) is 2.54. The summed E-state index contributed by atoms with van der Waals surface area (Å²) >= 11 is 0. The maximum Gasteiger partial charge on any atom is 0.224 e. The van der Waals surface area contributed by atoms with Gasteiger partial charge in [0, 0.05) is 0 Å². The van der Waals surface area contributed by atoms with Crippen molar-refractivity contribution in [3.8, 4) is 11.5 Å². The molecule has 4 nitrogen and oxygen atoms in total. The Labute approximate surface area is 137 Å². The molecule has 0 saturated heterocycles. The number of amides is 1. The summed E-state index contributed by atoms with van der Waals surface area (Å²) in [5, 5.41) is 2.87. The molecule has 2 aromatic rings. The molecule has 1 N–H and O–H groups in total. The van der Waals surface area contributed by atoms with Gasteiger partial charge in [-0.25, -0.2) is 0 Å². The largest absolute Gasteiger partial charge is 0.497 e. The second-order valence-electron chi connectivity index (χ2n) is 5.44. The SMILES string of the molecule is COc1ccc(CC(=O)NCCOc2c(C)cccc2C)cc1. The van der Waals surface area contributed by atoms with Crippen LogP contribution in [0.15, 0.2) is 42.5 Å². The summed E-state index contributed by atoms with van der Waals surface area (Å²) < 4.78 is 10.9. The molecule has 0 heterocycles. The Balaban J connectivity index is 1.74. The Morgan fingerprint density at radius 3 is 2.30 bits per heavy atom. The summed E-state index contributed by atoms with van der Waals surface area (Å²) in [5.74, 6) is 1.67. The minimum Gasteiger partial charge on any atom is -0.497 e. The van der Waals surface area contributed by atoms with Crippen molar-refractivity contribution >= 4 is 5.91 Å². The molecular weight excluding hydrogens is 290 g/mol. The lowest BCUT2D eigenvalue weighted by molar-refractivity contribution is -0.120. The van der Waals surface area contributed by atoms with Gasteiger partial charge in [-0.15, -0.1) is 0 Å². The van der Waals surface area contributed by atoms with Gasteiger partial charge in [0.25, 0.3) is 0 Å². The number of ether oxygens (including phenoxy) is 2. The number of nitrogens with one attached hydrogen (secondary N) is 1. The van der Waals surface area contributed by atoms with Crippen LogP contribution in [0, 0.1) is 13.8 Å². The number of aryl methyl sites for hydroxylation is 2. The Morgan fingerprint density at radius 2 is 1.70 bits per heavy atom. The zero-order chi connectivity index (χ0) is 16.7. The van der Waals surface area contributed by atoms with Gasteiger partial charge in [0.1, 0.15) is 18.1 Å². The molecule has 23 heavy (non-hydrogen) atoms. The summed E-state index contributed by atoms with van der Waals surface area (Å²) in [5.41, 5.74) is 3.17. The summed E-state index contributed by atoms with van der Waals surface area (Å²) in [6.45, 7) is 4.98. The molecule has 0 aromatic heterocycles. The van der Waals surface area contributed by atoms with Gasteiger partial charge >= 0.3 is 0 Å². The number of benzene rings is 2. The fraction of sp³-hybridized carbons (Fsp3) is 0.316. The number of hydrogen-bond acceptors (Lipinski definition) is 3. The predicted molar refractivity (Wildman–Crippen MR) is 91.1 cm³/mol. The molecular formula is C19H23NO3. The highest BCUT2D eigenvalue weighted by Gasteiger charge is 2.05. The molecule has 1 amide bonds. The first-order valence-electron chi connectivity index (χ1n) is 7.69. The van der Waals surface area contributed by atoms with E-state index >= 15 is 0 Å².